The molecule has 2 unspecified atom stereocenters. The minimum absolute atomic E-state index is 0.443. The summed E-state index contributed by atoms with van der Waals surface area (Å²) >= 11 is 12.4. The number of hydrogen-bond donors (Lipinski definition) is 1. The second-order valence-corrected chi connectivity index (χ2v) is 6.87. The van der Waals surface area contributed by atoms with Gasteiger partial charge in [-0.25, -0.2) is 0 Å². The van der Waals surface area contributed by atoms with Crippen LogP contribution in [-0.4, -0.2) is 34.2 Å². The quantitative estimate of drug-likeness (QED) is 0.923. The summed E-state index contributed by atoms with van der Waals surface area (Å²) in [6.45, 7) is 2.94. The molecule has 4 heteroatoms. The molecule has 3 rings (SSSR count). The highest BCUT2D eigenvalue weighted by atomic mass is 35.5. The van der Waals surface area contributed by atoms with Crippen LogP contribution in [-0.2, 0) is 6.42 Å². The van der Waals surface area contributed by atoms with Crippen LogP contribution in [0.2, 0.25) is 10.0 Å². The van der Waals surface area contributed by atoms with E-state index in [-0.39, 0.29) is 0 Å². The van der Waals surface area contributed by atoms with Gasteiger partial charge in [0, 0.05) is 35.1 Å². The topological polar surface area (TPSA) is 23.5 Å². The maximum absolute atomic E-state index is 10.9. The molecular formula is C15H19Cl2NO. The lowest BCUT2D eigenvalue weighted by molar-refractivity contribution is 0.0487. The van der Waals surface area contributed by atoms with Crippen LogP contribution < -0.4 is 0 Å². The molecule has 0 bridgehead atoms. The summed E-state index contributed by atoms with van der Waals surface area (Å²) in [5.41, 5.74) is 0.176. The first-order valence-corrected chi connectivity index (χ1v) is 7.65. The second-order valence-electron chi connectivity index (χ2n) is 6.06. The Hall–Kier alpha value is -0.280. The highest BCUT2D eigenvalue weighted by Crippen LogP contribution is 2.40. The predicted octanol–water partition coefficient (Wildman–Crippen LogP) is 3.52. The molecule has 19 heavy (non-hydrogen) atoms. The summed E-state index contributed by atoms with van der Waals surface area (Å²) < 4.78 is 0. The molecular weight excluding hydrogens is 281 g/mol. The van der Waals surface area contributed by atoms with Gasteiger partial charge in [-0.05, 0) is 43.9 Å². The van der Waals surface area contributed by atoms with E-state index in [0.717, 1.165) is 18.5 Å². The van der Waals surface area contributed by atoms with Gasteiger partial charge in [0.2, 0.25) is 0 Å². The van der Waals surface area contributed by atoms with E-state index in [1.165, 1.54) is 12.8 Å². The normalized spacial score (nSPS) is 31.9. The van der Waals surface area contributed by atoms with Crippen molar-refractivity contribution in [2.45, 2.75) is 50.3 Å². The van der Waals surface area contributed by atoms with Gasteiger partial charge in [0.15, 0.2) is 0 Å². The lowest BCUT2D eigenvalue weighted by atomic mass is 9.92. The Morgan fingerprint density at radius 3 is 2.53 bits per heavy atom. The zero-order valence-corrected chi connectivity index (χ0v) is 12.6. The summed E-state index contributed by atoms with van der Waals surface area (Å²) in [4.78, 5) is 2.44. The molecule has 2 aliphatic rings. The van der Waals surface area contributed by atoms with Crippen molar-refractivity contribution in [1.82, 2.24) is 4.90 Å². The molecule has 1 aromatic rings. The monoisotopic (exact) mass is 299 g/mol. The first kappa shape index (κ1) is 13.7. The van der Waals surface area contributed by atoms with E-state index in [1.807, 2.05) is 18.2 Å². The third kappa shape index (κ3) is 2.78. The molecule has 1 heterocycles. The number of aliphatic hydroxyl groups is 1. The van der Waals surface area contributed by atoms with Crippen molar-refractivity contribution in [3.8, 4) is 0 Å². The van der Waals surface area contributed by atoms with E-state index in [9.17, 15) is 5.11 Å². The van der Waals surface area contributed by atoms with Gasteiger partial charge in [-0.1, -0.05) is 29.3 Å². The van der Waals surface area contributed by atoms with Gasteiger partial charge < -0.3 is 5.11 Å². The van der Waals surface area contributed by atoms with Gasteiger partial charge in [-0.3, -0.25) is 4.90 Å². The summed E-state index contributed by atoms with van der Waals surface area (Å²) in [5, 5.41) is 12.2. The Morgan fingerprint density at radius 1 is 1.32 bits per heavy atom. The van der Waals surface area contributed by atoms with E-state index in [0.29, 0.717) is 28.5 Å². The van der Waals surface area contributed by atoms with Crippen molar-refractivity contribution in [3.05, 3.63) is 33.8 Å². The fourth-order valence-corrected chi connectivity index (χ4v) is 3.81. The van der Waals surface area contributed by atoms with Crippen molar-refractivity contribution in [1.29, 1.82) is 0 Å². The standard InChI is InChI=1S/C15H19Cl2NO/c1-10-7-15(19,9-18(10)11-5-6-11)8-12-13(16)3-2-4-14(12)17/h2-4,10-11,19H,5-9H2,1H3. The van der Waals surface area contributed by atoms with Crippen LogP contribution in [0.4, 0.5) is 0 Å². The van der Waals surface area contributed by atoms with Gasteiger partial charge in [0.1, 0.15) is 0 Å². The minimum atomic E-state index is -0.698. The van der Waals surface area contributed by atoms with Crippen molar-refractivity contribution in [3.63, 3.8) is 0 Å². The SMILES string of the molecule is CC1CC(O)(Cc2c(Cl)cccc2Cl)CN1C1CC1. The number of rotatable bonds is 3. The zero-order chi connectivity index (χ0) is 13.6. The van der Waals surface area contributed by atoms with Crippen LogP contribution in [0.3, 0.4) is 0 Å². The smallest absolute Gasteiger partial charge is 0.0830 e. The first-order chi connectivity index (χ1) is 8.98. The molecule has 1 aliphatic heterocycles. The third-order valence-corrected chi connectivity index (χ3v) is 5.01. The Labute approximate surface area is 124 Å². The van der Waals surface area contributed by atoms with E-state index in [2.05, 4.69) is 11.8 Å². The van der Waals surface area contributed by atoms with Crippen LogP contribution in [0.15, 0.2) is 18.2 Å². The Morgan fingerprint density at radius 2 is 1.95 bits per heavy atom. The van der Waals surface area contributed by atoms with Gasteiger partial charge >= 0.3 is 0 Å². The molecule has 1 aliphatic carbocycles. The molecule has 1 saturated heterocycles. The molecule has 0 amide bonds. The average molecular weight is 300 g/mol. The minimum Gasteiger partial charge on any atom is -0.388 e. The third-order valence-electron chi connectivity index (χ3n) is 4.30. The Bertz CT molecular complexity index is 469. The largest absolute Gasteiger partial charge is 0.388 e. The molecule has 0 radical (unpaired) electrons. The Balaban J connectivity index is 1.79. The summed E-state index contributed by atoms with van der Waals surface area (Å²) in [6.07, 6.45) is 3.88. The molecule has 0 aromatic heterocycles. The van der Waals surface area contributed by atoms with Gasteiger partial charge in [0.25, 0.3) is 0 Å². The number of benzene rings is 1. The summed E-state index contributed by atoms with van der Waals surface area (Å²) in [6, 6.07) is 6.64. The average Bonchev–Trinajstić information content (AvgIpc) is 3.11. The van der Waals surface area contributed by atoms with Gasteiger partial charge in [0.05, 0.1) is 5.60 Å². The fraction of sp³-hybridized carbons (Fsp3) is 0.600. The summed E-state index contributed by atoms with van der Waals surface area (Å²) in [7, 11) is 0. The summed E-state index contributed by atoms with van der Waals surface area (Å²) in [5.74, 6) is 0. The van der Waals surface area contributed by atoms with Crippen LogP contribution in [0.5, 0.6) is 0 Å². The van der Waals surface area contributed by atoms with E-state index >= 15 is 0 Å². The molecule has 2 nitrogen and oxygen atoms in total. The van der Waals surface area contributed by atoms with E-state index < -0.39 is 5.60 Å². The first-order valence-electron chi connectivity index (χ1n) is 6.89. The molecule has 1 aromatic carbocycles. The number of β-amino-alcohol motifs (C(OH)–C–C–N with tert-alkyl or cyclic N) is 1. The zero-order valence-electron chi connectivity index (χ0n) is 11.1. The molecule has 1 saturated carbocycles. The maximum atomic E-state index is 10.9. The molecule has 1 N–H and O–H groups in total. The number of hydrogen-bond acceptors (Lipinski definition) is 2. The predicted molar refractivity (Wildman–Crippen MR) is 78.9 cm³/mol. The second kappa shape index (κ2) is 4.92. The molecule has 104 valence electrons. The number of likely N-dealkylation sites (tertiary alicyclic amines) is 1. The van der Waals surface area contributed by atoms with Crippen molar-refractivity contribution >= 4 is 23.2 Å². The number of halogens is 2. The van der Waals surface area contributed by atoms with Crippen LogP contribution in [0, 0.1) is 0 Å². The van der Waals surface area contributed by atoms with Crippen LogP contribution >= 0.6 is 23.2 Å². The van der Waals surface area contributed by atoms with E-state index in [4.69, 9.17) is 23.2 Å². The highest BCUT2D eigenvalue weighted by Gasteiger charge is 2.46. The van der Waals surface area contributed by atoms with Crippen molar-refractivity contribution < 1.29 is 5.11 Å². The lowest BCUT2D eigenvalue weighted by Crippen LogP contribution is -2.36. The van der Waals surface area contributed by atoms with Gasteiger partial charge in [-0.15, -0.1) is 0 Å². The maximum Gasteiger partial charge on any atom is 0.0830 e. The fourth-order valence-electron chi connectivity index (χ4n) is 3.28. The Kier molecular flexibility index (Phi) is 3.55. The van der Waals surface area contributed by atoms with Crippen LogP contribution in [0.25, 0.3) is 0 Å². The number of nitrogens with zero attached hydrogens (tertiary/aromatic N) is 1. The molecule has 2 atom stereocenters. The van der Waals surface area contributed by atoms with Gasteiger partial charge in [-0.2, -0.15) is 0 Å². The molecule has 2 fully saturated rings. The van der Waals surface area contributed by atoms with Crippen molar-refractivity contribution in [2.75, 3.05) is 6.54 Å². The van der Waals surface area contributed by atoms with Crippen molar-refractivity contribution in [2.24, 2.45) is 0 Å². The van der Waals surface area contributed by atoms with Crippen LogP contribution in [0.1, 0.15) is 31.7 Å². The lowest BCUT2D eigenvalue weighted by Gasteiger charge is -2.24. The van der Waals surface area contributed by atoms with E-state index in [1.54, 1.807) is 0 Å². The molecule has 0 spiro atoms. The highest BCUT2D eigenvalue weighted by molar-refractivity contribution is 6.36.